The number of hydrogen-bond acceptors (Lipinski definition) is 3. The van der Waals surface area contributed by atoms with E-state index in [4.69, 9.17) is 23.2 Å². The standard InChI is InChI=1S/C15H18Cl2N4O/c1-10-12(15(22)18-6-7-20(2)3)9-19-21(10)11-4-5-13(16)14(17)8-11/h4-5,8-9H,6-7H2,1-3H3,(H,18,22). The lowest BCUT2D eigenvalue weighted by Crippen LogP contribution is -2.31. The predicted molar refractivity (Wildman–Crippen MR) is 89.2 cm³/mol. The molecule has 118 valence electrons. The van der Waals surface area contributed by atoms with Crippen LogP contribution in [0.3, 0.4) is 0 Å². The van der Waals surface area contributed by atoms with Crippen LogP contribution in [0.5, 0.6) is 0 Å². The molecule has 0 saturated carbocycles. The fraction of sp³-hybridized carbons (Fsp3) is 0.333. The molecule has 1 aromatic carbocycles. The smallest absolute Gasteiger partial charge is 0.254 e. The van der Waals surface area contributed by atoms with Crippen molar-refractivity contribution in [3.05, 3.63) is 45.7 Å². The van der Waals surface area contributed by atoms with Crippen LogP contribution in [0.25, 0.3) is 5.69 Å². The van der Waals surface area contributed by atoms with Crippen LogP contribution in [-0.4, -0.2) is 47.8 Å². The average molecular weight is 341 g/mol. The highest BCUT2D eigenvalue weighted by Crippen LogP contribution is 2.25. The number of rotatable bonds is 5. The molecule has 0 fully saturated rings. The van der Waals surface area contributed by atoms with E-state index in [9.17, 15) is 4.79 Å². The summed E-state index contributed by atoms with van der Waals surface area (Å²) >= 11 is 11.9. The quantitative estimate of drug-likeness (QED) is 0.910. The van der Waals surface area contributed by atoms with E-state index in [1.54, 1.807) is 23.0 Å². The molecule has 1 heterocycles. The van der Waals surface area contributed by atoms with Crippen LogP contribution in [0.4, 0.5) is 0 Å². The minimum atomic E-state index is -0.134. The van der Waals surface area contributed by atoms with Crippen molar-refractivity contribution in [1.82, 2.24) is 20.0 Å². The zero-order valence-corrected chi connectivity index (χ0v) is 14.2. The van der Waals surface area contributed by atoms with Gasteiger partial charge in [-0.2, -0.15) is 5.10 Å². The molecule has 1 N–H and O–H groups in total. The molecule has 22 heavy (non-hydrogen) atoms. The van der Waals surface area contributed by atoms with Gasteiger partial charge in [0.25, 0.3) is 5.91 Å². The molecular formula is C15H18Cl2N4O. The monoisotopic (exact) mass is 340 g/mol. The summed E-state index contributed by atoms with van der Waals surface area (Å²) in [5.41, 5.74) is 2.06. The predicted octanol–water partition coefficient (Wildman–Crippen LogP) is 2.78. The molecule has 2 rings (SSSR count). The maximum atomic E-state index is 12.2. The van der Waals surface area contributed by atoms with Crippen LogP contribution >= 0.6 is 23.2 Å². The Labute approximate surface area is 139 Å². The average Bonchev–Trinajstić information content (AvgIpc) is 2.83. The molecule has 2 aromatic rings. The van der Waals surface area contributed by atoms with Gasteiger partial charge in [-0.05, 0) is 39.2 Å². The van der Waals surface area contributed by atoms with Crippen molar-refractivity contribution < 1.29 is 4.79 Å². The second-order valence-electron chi connectivity index (χ2n) is 5.21. The molecule has 0 bridgehead atoms. The molecule has 0 radical (unpaired) electrons. The second-order valence-corrected chi connectivity index (χ2v) is 6.03. The van der Waals surface area contributed by atoms with E-state index in [-0.39, 0.29) is 5.91 Å². The molecule has 0 saturated heterocycles. The minimum absolute atomic E-state index is 0.134. The van der Waals surface area contributed by atoms with E-state index in [1.165, 1.54) is 0 Å². The largest absolute Gasteiger partial charge is 0.351 e. The molecule has 1 amide bonds. The van der Waals surface area contributed by atoms with E-state index < -0.39 is 0 Å². The number of carbonyl (C=O) groups is 1. The van der Waals surface area contributed by atoms with Gasteiger partial charge in [0, 0.05) is 13.1 Å². The Hall–Kier alpha value is -1.56. The summed E-state index contributed by atoms with van der Waals surface area (Å²) in [7, 11) is 3.92. The van der Waals surface area contributed by atoms with Gasteiger partial charge in [0.05, 0.1) is 33.2 Å². The summed E-state index contributed by atoms with van der Waals surface area (Å²) in [6, 6.07) is 5.23. The zero-order chi connectivity index (χ0) is 16.3. The highest BCUT2D eigenvalue weighted by molar-refractivity contribution is 6.42. The first-order chi connectivity index (χ1) is 10.4. The second kappa shape index (κ2) is 7.13. The van der Waals surface area contributed by atoms with Crippen LogP contribution in [-0.2, 0) is 0 Å². The van der Waals surface area contributed by atoms with Gasteiger partial charge >= 0.3 is 0 Å². The van der Waals surface area contributed by atoms with Gasteiger partial charge < -0.3 is 10.2 Å². The Morgan fingerprint density at radius 2 is 2.05 bits per heavy atom. The zero-order valence-electron chi connectivity index (χ0n) is 12.7. The van der Waals surface area contributed by atoms with Crippen LogP contribution in [0, 0.1) is 6.92 Å². The van der Waals surface area contributed by atoms with Crippen molar-refractivity contribution in [2.75, 3.05) is 27.2 Å². The molecule has 0 atom stereocenters. The normalized spacial score (nSPS) is 11.0. The number of hydrogen-bond donors (Lipinski definition) is 1. The van der Waals surface area contributed by atoms with E-state index >= 15 is 0 Å². The maximum absolute atomic E-state index is 12.2. The van der Waals surface area contributed by atoms with Crippen LogP contribution in [0.15, 0.2) is 24.4 Å². The third-order valence-corrected chi connectivity index (χ3v) is 3.99. The highest BCUT2D eigenvalue weighted by Gasteiger charge is 2.15. The summed E-state index contributed by atoms with van der Waals surface area (Å²) in [6.45, 7) is 3.21. The number of benzene rings is 1. The first kappa shape index (κ1) is 16.8. The van der Waals surface area contributed by atoms with Gasteiger partial charge in [0.2, 0.25) is 0 Å². The number of nitrogens with one attached hydrogen (secondary N) is 1. The highest BCUT2D eigenvalue weighted by atomic mass is 35.5. The Morgan fingerprint density at radius 1 is 1.32 bits per heavy atom. The Bertz CT molecular complexity index is 682. The van der Waals surface area contributed by atoms with Crippen molar-refractivity contribution in [2.24, 2.45) is 0 Å². The topological polar surface area (TPSA) is 50.2 Å². The van der Waals surface area contributed by atoms with Crippen molar-refractivity contribution in [1.29, 1.82) is 0 Å². The van der Waals surface area contributed by atoms with Crippen molar-refractivity contribution in [3.8, 4) is 5.69 Å². The summed E-state index contributed by atoms with van der Waals surface area (Å²) in [4.78, 5) is 14.2. The lowest BCUT2D eigenvalue weighted by Gasteiger charge is -2.10. The SMILES string of the molecule is Cc1c(C(=O)NCCN(C)C)cnn1-c1ccc(Cl)c(Cl)c1. The van der Waals surface area contributed by atoms with Crippen LogP contribution in [0.2, 0.25) is 10.0 Å². The minimum Gasteiger partial charge on any atom is -0.351 e. The molecule has 7 heteroatoms. The summed E-state index contributed by atoms with van der Waals surface area (Å²) < 4.78 is 1.67. The fourth-order valence-corrected chi connectivity index (χ4v) is 2.29. The Morgan fingerprint density at radius 3 is 2.68 bits per heavy atom. The molecule has 5 nitrogen and oxygen atoms in total. The van der Waals surface area contributed by atoms with E-state index in [0.717, 1.165) is 17.9 Å². The molecule has 0 aliphatic rings. The van der Waals surface area contributed by atoms with Crippen molar-refractivity contribution >= 4 is 29.1 Å². The van der Waals surface area contributed by atoms with E-state index in [1.807, 2.05) is 32.0 Å². The lowest BCUT2D eigenvalue weighted by molar-refractivity contribution is 0.0950. The number of halogens is 2. The van der Waals surface area contributed by atoms with Gasteiger partial charge in [-0.25, -0.2) is 4.68 Å². The van der Waals surface area contributed by atoms with Gasteiger partial charge in [-0.15, -0.1) is 0 Å². The summed E-state index contributed by atoms with van der Waals surface area (Å²) in [5, 5.41) is 8.07. The number of amides is 1. The maximum Gasteiger partial charge on any atom is 0.254 e. The lowest BCUT2D eigenvalue weighted by atomic mass is 10.2. The van der Waals surface area contributed by atoms with Gasteiger partial charge in [-0.1, -0.05) is 23.2 Å². The molecule has 0 aliphatic carbocycles. The third kappa shape index (κ3) is 3.80. The number of aromatic nitrogens is 2. The Kier molecular flexibility index (Phi) is 5.45. The fourth-order valence-electron chi connectivity index (χ4n) is 2.00. The van der Waals surface area contributed by atoms with Gasteiger partial charge in [0.1, 0.15) is 0 Å². The Balaban J connectivity index is 2.18. The first-order valence-corrected chi connectivity index (χ1v) is 7.58. The summed E-state index contributed by atoms with van der Waals surface area (Å²) in [5.74, 6) is -0.134. The van der Waals surface area contributed by atoms with Gasteiger partial charge in [-0.3, -0.25) is 4.79 Å². The molecule has 1 aromatic heterocycles. The molecule has 0 aliphatic heterocycles. The van der Waals surface area contributed by atoms with Gasteiger partial charge in [0.15, 0.2) is 0 Å². The van der Waals surface area contributed by atoms with Crippen LogP contribution in [0.1, 0.15) is 16.1 Å². The first-order valence-electron chi connectivity index (χ1n) is 6.83. The third-order valence-electron chi connectivity index (χ3n) is 3.25. The number of carbonyl (C=O) groups excluding carboxylic acids is 1. The number of likely N-dealkylation sites (N-methyl/N-ethyl adjacent to an activating group) is 1. The van der Waals surface area contributed by atoms with Crippen LogP contribution < -0.4 is 5.32 Å². The summed E-state index contributed by atoms with van der Waals surface area (Å²) in [6.07, 6.45) is 1.56. The molecule has 0 spiro atoms. The molecular weight excluding hydrogens is 323 g/mol. The van der Waals surface area contributed by atoms with E-state index in [2.05, 4.69) is 10.4 Å². The number of nitrogens with zero attached hydrogens (tertiary/aromatic N) is 3. The molecule has 0 unspecified atom stereocenters. The van der Waals surface area contributed by atoms with Crippen molar-refractivity contribution in [3.63, 3.8) is 0 Å². The van der Waals surface area contributed by atoms with E-state index in [0.29, 0.717) is 22.2 Å². The van der Waals surface area contributed by atoms with Crippen molar-refractivity contribution in [2.45, 2.75) is 6.92 Å².